The fraction of sp³-hybridized carbons (Fsp3) is 0.500. The number of likely N-dealkylation sites (tertiary alicyclic amines) is 1. The van der Waals surface area contributed by atoms with Crippen LogP contribution in [0, 0.1) is 23.5 Å². The summed E-state index contributed by atoms with van der Waals surface area (Å²) < 4.78 is 32.2. The molecule has 0 radical (unpaired) electrons. The summed E-state index contributed by atoms with van der Waals surface area (Å²) in [6, 6.07) is 3.12. The van der Waals surface area contributed by atoms with Crippen molar-refractivity contribution in [3.63, 3.8) is 0 Å². The summed E-state index contributed by atoms with van der Waals surface area (Å²) in [5.74, 6) is -4.71. The minimum Gasteiger partial charge on any atom is -0.452 e. The molecule has 0 bridgehead atoms. The molecule has 0 aromatic heterocycles. The lowest BCUT2D eigenvalue weighted by Crippen LogP contribution is -2.35. The van der Waals surface area contributed by atoms with Crippen LogP contribution < -0.4 is 5.32 Å². The number of para-hydroxylation sites is 1. The first-order valence-corrected chi connectivity index (χ1v) is 9.59. The topological polar surface area (TPSA) is 92.8 Å². The molecule has 2 aliphatic rings. The molecule has 1 saturated carbocycles. The molecule has 9 heteroatoms. The summed E-state index contributed by atoms with van der Waals surface area (Å²) in [5.41, 5.74) is -0.628. The normalized spacial score (nSPS) is 22.2. The molecule has 1 N–H and O–H groups in total. The molecule has 3 atom stereocenters. The number of hydrogen-bond acceptors (Lipinski definition) is 5. The minimum absolute atomic E-state index is 0.111. The van der Waals surface area contributed by atoms with E-state index in [4.69, 9.17) is 4.74 Å². The van der Waals surface area contributed by atoms with Gasteiger partial charge in [-0.2, -0.15) is 0 Å². The van der Waals surface area contributed by atoms with E-state index in [0.717, 1.165) is 35.9 Å². The average molecular weight is 408 g/mol. The maximum atomic E-state index is 13.6. The number of nitrogens with one attached hydrogen (secondary N) is 1. The first kappa shape index (κ1) is 20.9. The molecule has 0 unspecified atom stereocenters. The number of halogens is 2. The van der Waals surface area contributed by atoms with Crippen LogP contribution >= 0.6 is 0 Å². The molecule has 156 valence electrons. The summed E-state index contributed by atoms with van der Waals surface area (Å²) in [6.45, 7) is 1.15. The quantitative estimate of drug-likeness (QED) is 0.576. The third kappa shape index (κ3) is 4.44. The van der Waals surface area contributed by atoms with E-state index in [-0.39, 0.29) is 36.6 Å². The number of imide groups is 1. The Balaban J connectivity index is 1.51. The zero-order valence-electron chi connectivity index (χ0n) is 16.0. The molecule has 1 saturated heterocycles. The van der Waals surface area contributed by atoms with Crippen molar-refractivity contribution in [2.24, 2.45) is 11.8 Å². The largest absolute Gasteiger partial charge is 0.452 e. The third-order valence-corrected chi connectivity index (χ3v) is 5.36. The number of carbonyl (C=O) groups excluding carboxylic acids is 4. The van der Waals surface area contributed by atoms with Gasteiger partial charge in [-0.3, -0.25) is 24.1 Å². The van der Waals surface area contributed by atoms with Gasteiger partial charge in [-0.15, -0.1) is 0 Å². The molecule has 1 heterocycles. The molecule has 2 fully saturated rings. The monoisotopic (exact) mass is 408 g/mol. The highest BCUT2D eigenvalue weighted by atomic mass is 19.1. The first-order valence-electron chi connectivity index (χ1n) is 9.59. The highest BCUT2D eigenvalue weighted by Crippen LogP contribution is 2.38. The maximum Gasteiger partial charge on any atom is 0.308 e. The van der Waals surface area contributed by atoms with E-state index in [1.807, 2.05) is 5.32 Å². The smallest absolute Gasteiger partial charge is 0.308 e. The Morgan fingerprint density at radius 2 is 1.69 bits per heavy atom. The molecule has 3 rings (SSSR count). The van der Waals surface area contributed by atoms with E-state index in [0.29, 0.717) is 12.8 Å². The first-order chi connectivity index (χ1) is 13.8. The van der Waals surface area contributed by atoms with Crippen LogP contribution in [-0.4, -0.2) is 41.2 Å². The predicted molar refractivity (Wildman–Crippen MR) is 97.3 cm³/mol. The summed E-state index contributed by atoms with van der Waals surface area (Å²) in [6.07, 6.45) is 1.60. The highest BCUT2D eigenvalue weighted by Gasteiger charge is 2.47. The molecule has 1 aromatic carbocycles. The second kappa shape index (κ2) is 8.67. The lowest BCUT2D eigenvalue weighted by atomic mass is 9.81. The van der Waals surface area contributed by atoms with Crippen molar-refractivity contribution in [1.82, 2.24) is 4.90 Å². The summed E-state index contributed by atoms with van der Waals surface area (Å²) in [5, 5.41) is 2.04. The Bertz CT molecular complexity index is 800. The van der Waals surface area contributed by atoms with E-state index < -0.39 is 35.3 Å². The van der Waals surface area contributed by atoms with Gasteiger partial charge in [0.25, 0.3) is 5.91 Å². The third-order valence-electron chi connectivity index (χ3n) is 5.36. The number of amides is 3. The second-order valence-electron chi connectivity index (χ2n) is 7.29. The van der Waals surface area contributed by atoms with E-state index in [1.165, 1.54) is 6.92 Å². The van der Waals surface area contributed by atoms with Crippen molar-refractivity contribution in [3.8, 4) is 0 Å². The van der Waals surface area contributed by atoms with Crippen LogP contribution in [0.4, 0.5) is 14.5 Å². The molecule has 0 spiro atoms. The predicted octanol–water partition coefficient (Wildman–Crippen LogP) is 2.40. The van der Waals surface area contributed by atoms with Gasteiger partial charge in [0, 0.05) is 6.54 Å². The van der Waals surface area contributed by atoms with Gasteiger partial charge in [-0.25, -0.2) is 8.78 Å². The fourth-order valence-corrected chi connectivity index (χ4v) is 3.81. The molecule has 29 heavy (non-hydrogen) atoms. The number of esters is 1. The number of anilines is 1. The van der Waals surface area contributed by atoms with E-state index in [1.54, 1.807) is 0 Å². The maximum absolute atomic E-state index is 13.6. The average Bonchev–Trinajstić information content (AvgIpc) is 2.93. The van der Waals surface area contributed by atoms with Crippen molar-refractivity contribution < 1.29 is 32.7 Å². The van der Waals surface area contributed by atoms with Gasteiger partial charge in [0.1, 0.15) is 17.3 Å². The molecule has 1 aliphatic heterocycles. The van der Waals surface area contributed by atoms with Gasteiger partial charge in [0.2, 0.25) is 11.8 Å². The standard InChI is InChI=1S/C20H22F2N2O5/c1-11(18(26)23-17-14(21)7-4-8-15(17)22)29-16(25)9-10-24-19(27)12-5-2-3-6-13(12)20(24)28/h4,7-8,11-13H,2-3,5-6,9-10H2,1H3,(H,23,26)/t11-,12-,13-/m0/s1. The van der Waals surface area contributed by atoms with Crippen molar-refractivity contribution in [2.45, 2.75) is 45.1 Å². The van der Waals surface area contributed by atoms with Gasteiger partial charge in [0.15, 0.2) is 6.10 Å². The molecule has 7 nitrogen and oxygen atoms in total. The number of fused-ring (bicyclic) bond motifs is 1. The van der Waals surface area contributed by atoms with Gasteiger partial charge in [-0.1, -0.05) is 18.9 Å². The molecular weight excluding hydrogens is 386 g/mol. The zero-order chi connectivity index (χ0) is 21.1. The van der Waals surface area contributed by atoms with E-state index in [9.17, 15) is 28.0 Å². The molecular formula is C20H22F2N2O5. The van der Waals surface area contributed by atoms with Gasteiger partial charge < -0.3 is 10.1 Å². The SMILES string of the molecule is C[C@H](OC(=O)CCN1C(=O)[C@H]2CCCC[C@@H]2C1=O)C(=O)Nc1c(F)cccc1F. The van der Waals surface area contributed by atoms with E-state index in [2.05, 4.69) is 0 Å². The van der Waals surface area contributed by atoms with E-state index >= 15 is 0 Å². The Kier molecular flexibility index (Phi) is 6.24. The zero-order valence-corrected chi connectivity index (χ0v) is 16.0. The Labute approximate surface area is 166 Å². The molecule has 3 amide bonds. The van der Waals surface area contributed by atoms with Crippen molar-refractivity contribution in [1.29, 1.82) is 0 Å². The Morgan fingerprint density at radius 1 is 1.14 bits per heavy atom. The molecule has 1 aromatic rings. The van der Waals surface area contributed by atoms with Crippen LogP contribution in [0.3, 0.4) is 0 Å². The highest BCUT2D eigenvalue weighted by molar-refractivity contribution is 6.05. The van der Waals surface area contributed by atoms with Gasteiger partial charge >= 0.3 is 5.97 Å². The summed E-state index contributed by atoms with van der Waals surface area (Å²) >= 11 is 0. The number of ether oxygens (including phenoxy) is 1. The minimum atomic E-state index is -1.31. The van der Waals surface area contributed by atoms with Gasteiger partial charge in [0.05, 0.1) is 18.3 Å². The number of benzene rings is 1. The number of hydrogen-bond donors (Lipinski definition) is 1. The summed E-state index contributed by atoms with van der Waals surface area (Å²) in [7, 11) is 0. The van der Waals surface area contributed by atoms with Crippen molar-refractivity contribution in [2.75, 3.05) is 11.9 Å². The van der Waals surface area contributed by atoms with Crippen LogP contribution in [0.5, 0.6) is 0 Å². The van der Waals surface area contributed by atoms with Crippen LogP contribution in [0.1, 0.15) is 39.0 Å². The van der Waals surface area contributed by atoms with Crippen LogP contribution in [0.2, 0.25) is 0 Å². The molecule has 1 aliphatic carbocycles. The van der Waals surface area contributed by atoms with Crippen LogP contribution in [0.25, 0.3) is 0 Å². The lowest BCUT2D eigenvalue weighted by Gasteiger charge is -2.19. The number of carbonyl (C=O) groups is 4. The van der Waals surface area contributed by atoms with Crippen molar-refractivity contribution in [3.05, 3.63) is 29.8 Å². The fourth-order valence-electron chi connectivity index (χ4n) is 3.81. The second-order valence-corrected chi connectivity index (χ2v) is 7.29. The number of rotatable bonds is 6. The Morgan fingerprint density at radius 3 is 2.24 bits per heavy atom. The Hall–Kier alpha value is -2.84. The summed E-state index contributed by atoms with van der Waals surface area (Å²) in [4.78, 5) is 49.9. The van der Waals surface area contributed by atoms with Crippen molar-refractivity contribution >= 4 is 29.4 Å². The van der Waals surface area contributed by atoms with Crippen LogP contribution in [0.15, 0.2) is 18.2 Å². The van der Waals surface area contributed by atoms with Crippen LogP contribution in [-0.2, 0) is 23.9 Å². The number of nitrogens with zero attached hydrogens (tertiary/aromatic N) is 1. The lowest BCUT2D eigenvalue weighted by molar-refractivity contribution is -0.154. The van der Waals surface area contributed by atoms with Gasteiger partial charge in [-0.05, 0) is 31.9 Å².